The highest BCUT2D eigenvalue weighted by molar-refractivity contribution is 8.00. The molecule has 2 aromatic carbocycles. The average molecular weight is 640 g/mol. The van der Waals surface area contributed by atoms with E-state index in [2.05, 4.69) is 91.6 Å². The second kappa shape index (κ2) is 13.5. The minimum absolute atomic E-state index is 0.0822. The first kappa shape index (κ1) is 32.1. The van der Waals surface area contributed by atoms with Crippen LogP contribution < -0.4 is 14.5 Å². The molecular weight excluding hydrogens is 595 g/mol. The van der Waals surface area contributed by atoms with Gasteiger partial charge in [0.15, 0.2) is 0 Å². The predicted molar refractivity (Wildman–Crippen MR) is 186 cm³/mol. The fraction of sp³-hybridized carbons (Fsp3) is 0.500. The van der Waals surface area contributed by atoms with Gasteiger partial charge in [0.1, 0.15) is 11.8 Å². The summed E-state index contributed by atoms with van der Waals surface area (Å²) in [7, 11) is 2.19. The molecule has 2 fully saturated rings. The minimum atomic E-state index is -0.239. The Morgan fingerprint density at radius 2 is 1.96 bits per heavy atom. The summed E-state index contributed by atoms with van der Waals surface area (Å²) in [6.07, 6.45) is 5.03. The third-order valence-electron chi connectivity index (χ3n) is 9.77. The maximum Gasteiger partial charge on any atom is 0.319 e. The summed E-state index contributed by atoms with van der Waals surface area (Å²) in [6, 6.07) is 15.4. The number of piperazine rings is 1. The molecule has 242 valence electrons. The van der Waals surface area contributed by atoms with Crippen molar-refractivity contribution < 1.29 is 9.53 Å². The van der Waals surface area contributed by atoms with Gasteiger partial charge in [-0.25, -0.2) is 0 Å². The van der Waals surface area contributed by atoms with Crippen LogP contribution in [-0.4, -0.2) is 82.3 Å². The van der Waals surface area contributed by atoms with Gasteiger partial charge in [0.2, 0.25) is 5.91 Å². The quantitative estimate of drug-likeness (QED) is 0.192. The van der Waals surface area contributed by atoms with Crippen LogP contribution in [0.1, 0.15) is 49.9 Å². The van der Waals surface area contributed by atoms with E-state index < -0.39 is 0 Å². The fourth-order valence-electron chi connectivity index (χ4n) is 6.67. The van der Waals surface area contributed by atoms with Gasteiger partial charge in [-0.1, -0.05) is 48.7 Å². The normalized spacial score (nSPS) is 18.4. The van der Waals surface area contributed by atoms with Crippen LogP contribution in [0.2, 0.25) is 0 Å². The molecule has 46 heavy (non-hydrogen) atoms. The van der Waals surface area contributed by atoms with Crippen molar-refractivity contribution in [2.45, 2.75) is 63.9 Å². The number of nitrogens with zero attached hydrogens (tertiary/aromatic N) is 7. The number of rotatable bonds is 11. The highest BCUT2D eigenvalue weighted by atomic mass is 32.2. The number of anilines is 2. The molecule has 3 aromatic rings. The third-order valence-corrected chi connectivity index (χ3v) is 11.0. The van der Waals surface area contributed by atoms with Crippen LogP contribution in [0.25, 0.3) is 10.8 Å². The predicted octanol–water partition coefficient (Wildman–Crippen LogP) is 5.77. The molecule has 9 nitrogen and oxygen atoms in total. The number of amides is 1. The fourth-order valence-corrected chi connectivity index (χ4v) is 7.42. The van der Waals surface area contributed by atoms with E-state index >= 15 is 0 Å². The molecule has 3 heterocycles. The highest BCUT2D eigenvalue weighted by Crippen LogP contribution is 2.37. The molecule has 1 atom stereocenters. The second-order valence-corrected chi connectivity index (χ2v) is 14.8. The van der Waals surface area contributed by atoms with Crippen molar-refractivity contribution in [3.05, 3.63) is 65.9 Å². The lowest BCUT2D eigenvalue weighted by molar-refractivity contribution is -0.128. The van der Waals surface area contributed by atoms with Gasteiger partial charge >= 0.3 is 6.01 Å². The number of aryl methyl sites for hydroxylation is 1. The number of hydrogen-bond donors (Lipinski definition) is 0. The van der Waals surface area contributed by atoms with Crippen molar-refractivity contribution >= 4 is 39.9 Å². The van der Waals surface area contributed by atoms with E-state index in [1.165, 1.54) is 40.9 Å². The molecule has 1 aliphatic carbocycles. The zero-order valence-corrected chi connectivity index (χ0v) is 28.4. The van der Waals surface area contributed by atoms with E-state index in [-0.39, 0.29) is 23.2 Å². The minimum Gasteiger partial charge on any atom is -0.452 e. The van der Waals surface area contributed by atoms with Crippen LogP contribution in [-0.2, 0) is 17.8 Å². The van der Waals surface area contributed by atoms with Gasteiger partial charge in [-0.3, -0.25) is 9.69 Å². The van der Waals surface area contributed by atoms with E-state index in [0.717, 1.165) is 42.5 Å². The molecule has 6 rings (SSSR count). The summed E-state index contributed by atoms with van der Waals surface area (Å²) < 4.78 is 6.33. The molecule has 3 aliphatic rings. The summed E-state index contributed by atoms with van der Waals surface area (Å²) in [4.78, 5) is 31.4. The van der Waals surface area contributed by atoms with Crippen LogP contribution in [0.3, 0.4) is 0 Å². The molecule has 0 N–H and O–H groups in total. The Morgan fingerprint density at radius 1 is 1.17 bits per heavy atom. The molecule has 1 aromatic heterocycles. The Hall–Kier alpha value is -3.81. The van der Waals surface area contributed by atoms with Gasteiger partial charge in [0, 0.05) is 49.4 Å². The number of hydrogen-bond acceptors (Lipinski definition) is 9. The number of nitriles is 1. The molecule has 1 saturated carbocycles. The third kappa shape index (κ3) is 6.81. The Balaban J connectivity index is 1.29. The van der Waals surface area contributed by atoms with Crippen LogP contribution in [0, 0.1) is 24.2 Å². The zero-order chi connectivity index (χ0) is 32.4. The number of ether oxygens (including phenoxy) is 1. The lowest BCUT2D eigenvalue weighted by Crippen LogP contribution is -2.55. The first-order chi connectivity index (χ1) is 22.2. The van der Waals surface area contributed by atoms with Crippen molar-refractivity contribution in [1.29, 1.82) is 5.26 Å². The number of benzene rings is 2. The maximum absolute atomic E-state index is 12.6. The standard InChI is InChI=1S/C36H45N7O2S/c1-6-32(44)43-20-19-42(22-28(43)15-17-37)34-29-16-18-41(31-12-8-11-27-10-7-9-25(2)33(27)31)23-30(29)38-35(39-34)45-24-46-36(3,4)40(5)21-26-13-14-26/h6-12,26,28H,1,13-16,18-24H2,2-5H3. The van der Waals surface area contributed by atoms with Crippen LogP contribution in [0.5, 0.6) is 6.01 Å². The van der Waals surface area contributed by atoms with Crippen LogP contribution in [0.15, 0.2) is 49.1 Å². The van der Waals surface area contributed by atoms with Crippen molar-refractivity contribution in [2.75, 3.05) is 55.5 Å². The summed E-state index contributed by atoms with van der Waals surface area (Å²) in [5.41, 5.74) is 4.56. The van der Waals surface area contributed by atoms with E-state index in [0.29, 0.717) is 38.1 Å². The highest BCUT2D eigenvalue weighted by Gasteiger charge is 2.34. The largest absolute Gasteiger partial charge is 0.452 e. The number of aromatic nitrogens is 2. The summed E-state index contributed by atoms with van der Waals surface area (Å²) in [6.45, 7) is 14.6. The van der Waals surface area contributed by atoms with Crippen LogP contribution >= 0.6 is 11.8 Å². The van der Waals surface area contributed by atoms with E-state index in [1.807, 2.05) is 0 Å². The molecule has 2 aliphatic heterocycles. The van der Waals surface area contributed by atoms with Gasteiger partial charge in [0.05, 0.1) is 35.6 Å². The first-order valence-electron chi connectivity index (χ1n) is 16.3. The van der Waals surface area contributed by atoms with Crippen LogP contribution in [0.4, 0.5) is 11.5 Å². The van der Waals surface area contributed by atoms with Crippen molar-refractivity contribution in [3.63, 3.8) is 0 Å². The summed E-state index contributed by atoms with van der Waals surface area (Å²) in [5, 5.41) is 12.1. The van der Waals surface area contributed by atoms with Gasteiger partial charge in [-0.05, 0) is 76.1 Å². The Kier molecular flexibility index (Phi) is 9.44. The molecule has 0 bridgehead atoms. The van der Waals surface area contributed by atoms with Crippen molar-refractivity contribution in [3.8, 4) is 12.1 Å². The Bertz CT molecular complexity index is 1640. The number of thioether (sulfide) groups is 1. The van der Waals surface area contributed by atoms with E-state index in [9.17, 15) is 10.1 Å². The maximum atomic E-state index is 12.6. The molecule has 1 saturated heterocycles. The monoisotopic (exact) mass is 639 g/mol. The molecule has 10 heteroatoms. The van der Waals surface area contributed by atoms with Gasteiger partial charge in [0.25, 0.3) is 0 Å². The number of carbonyl (C=O) groups excluding carboxylic acids is 1. The topological polar surface area (TPSA) is 88.8 Å². The van der Waals surface area contributed by atoms with Gasteiger partial charge < -0.3 is 19.4 Å². The van der Waals surface area contributed by atoms with Gasteiger partial charge in [-0.2, -0.15) is 15.2 Å². The zero-order valence-electron chi connectivity index (χ0n) is 27.5. The summed E-state index contributed by atoms with van der Waals surface area (Å²) >= 11 is 1.75. The smallest absolute Gasteiger partial charge is 0.319 e. The average Bonchev–Trinajstić information content (AvgIpc) is 3.88. The molecule has 1 unspecified atom stereocenters. The molecule has 0 radical (unpaired) electrons. The lowest BCUT2D eigenvalue weighted by atomic mass is 9.99. The molecular formula is C36H45N7O2S. The number of carbonyl (C=O) groups is 1. The Labute approximate surface area is 277 Å². The lowest BCUT2D eigenvalue weighted by Gasteiger charge is -2.42. The Morgan fingerprint density at radius 3 is 2.70 bits per heavy atom. The van der Waals surface area contributed by atoms with Crippen molar-refractivity contribution in [2.24, 2.45) is 5.92 Å². The second-order valence-electron chi connectivity index (χ2n) is 13.3. The van der Waals surface area contributed by atoms with Gasteiger partial charge in [-0.15, -0.1) is 0 Å². The number of fused-ring (bicyclic) bond motifs is 2. The van der Waals surface area contributed by atoms with E-state index in [1.54, 1.807) is 16.7 Å². The molecule has 0 spiro atoms. The SMILES string of the molecule is C=CC(=O)N1CCN(c2nc(OCSC(C)(C)N(C)CC3CC3)nc3c2CCN(c2cccc4cccc(C)c24)C3)CC1CC#N. The van der Waals surface area contributed by atoms with Crippen molar-refractivity contribution in [1.82, 2.24) is 19.8 Å². The first-order valence-corrected chi connectivity index (χ1v) is 17.3. The summed E-state index contributed by atoms with van der Waals surface area (Å²) in [5.74, 6) is 1.97. The van der Waals surface area contributed by atoms with E-state index in [4.69, 9.17) is 14.7 Å². The molecule has 1 amide bonds.